The van der Waals surface area contributed by atoms with Crippen molar-refractivity contribution in [1.29, 1.82) is 0 Å². The van der Waals surface area contributed by atoms with Gasteiger partial charge >= 0.3 is 11.9 Å². The van der Waals surface area contributed by atoms with Crippen molar-refractivity contribution in [3.63, 3.8) is 0 Å². The summed E-state index contributed by atoms with van der Waals surface area (Å²) < 4.78 is 11.0. The van der Waals surface area contributed by atoms with Crippen LogP contribution in [0.5, 0.6) is 0 Å². The van der Waals surface area contributed by atoms with Crippen LogP contribution in [0.1, 0.15) is 11.1 Å². The van der Waals surface area contributed by atoms with Gasteiger partial charge in [0.05, 0.1) is 12.2 Å². The molecule has 4 heteroatoms. The predicted octanol–water partition coefficient (Wildman–Crippen LogP) is 2.69. The molecule has 3 aliphatic rings. The van der Waals surface area contributed by atoms with E-state index in [1.807, 2.05) is 60.7 Å². The lowest BCUT2D eigenvalue weighted by Crippen LogP contribution is -2.30. The highest BCUT2D eigenvalue weighted by Crippen LogP contribution is 2.56. The fraction of sp³-hybridized carbons (Fsp3) is 0.200. The minimum Gasteiger partial charge on any atom is -0.393 e. The number of carbonyl (C=O) groups excluding carboxylic acids is 2. The molecule has 0 spiro atoms. The number of cyclic esters (lactones) is 2. The second-order valence-corrected chi connectivity index (χ2v) is 6.33. The lowest BCUT2D eigenvalue weighted by molar-refractivity contribution is -0.156. The van der Waals surface area contributed by atoms with Crippen molar-refractivity contribution in [2.24, 2.45) is 11.8 Å². The van der Waals surface area contributed by atoms with E-state index in [0.717, 1.165) is 22.3 Å². The smallest absolute Gasteiger partial charge is 0.320 e. The molecule has 2 saturated heterocycles. The average Bonchev–Trinajstić information content (AvgIpc) is 3.27. The zero-order valence-corrected chi connectivity index (χ0v) is 12.7. The van der Waals surface area contributed by atoms with Crippen LogP contribution >= 0.6 is 0 Å². The molecule has 4 atom stereocenters. The molecule has 5 rings (SSSR count). The molecular formula is C20H14O4. The number of fused-ring (bicyclic) bond motifs is 5. The molecule has 0 aliphatic carbocycles. The third-order valence-corrected chi connectivity index (χ3v) is 5.11. The van der Waals surface area contributed by atoms with Crippen LogP contribution < -0.4 is 0 Å². The summed E-state index contributed by atoms with van der Waals surface area (Å²) >= 11 is 0. The fourth-order valence-corrected chi connectivity index (χ4v) is 4.16. The SMILES string of the molecule is O=C1OC(=O)[C@H]2[C@@H]1[C@H]1O[C@@H]2C(c2ccccc2)=C1c1ccccc1. The van der Waals surface area contributed by atoms with Crippen LogP contribution in [-0.4, -0.2) is 24.1 Å². The van der Waals surface area contributed by atoms with E-state index in [0.29, 0.717) is 0 Å². The Hall–Kier alpha value is -2.72. The van der Waals surface area contributed by atoms with E-state index < -0.39 is 36.0 Å². The van der Waals surface area contributed by atoms with E-state index in [1.165, 1.54) is 0 Å². The number of carbonyl (C=O) groups is 2. The first-order valence-electron chi connectivity index (χ1n) is 8.01. The quantitative estimate of drug-likeness (QED) is 0.631. The van der Waals surface area contributed by atoms with E-state index in [2.05, 4.69) is 0 Å². The third kappa shape index (κ3) is 1.72. The Morgan fingerprint density at radius 2 is 1.04 bits per heavy atom. The fourth-order valence-electron chi connectivity index (χ4n) is 4.16. The maximum atomic E-state index is 12.1. The number of benzene rings is 2. The van der Waals surface area contributed by atoms with Crippen molar-refractivity contribution >= 4 is 23.1 Å². The highest BCUT2D eigenvalue weighted by atomic mass is 16.6. The summed E-state index contributed by atoms with van der Waals surface area (Å²) in [6.45, 7) is 0. The molecule has 0 radical (unpaired) electrons. The lowest BCUT2D eigenvalue weighted by atomic mass is 9.73. The number of esters is 2. The van der Waals surface area contributed by atoms with Crippen LogP contribution in [0.15, 0.2) is 60.7 Å². The Kier molecular flexibility index (Phi) is 2.79. The molecule has 3 heterocycles. The number of hydrogen-bond donors (Lipinski definition) is 0. The monoisotopic (exact) mass is 318 g/mol. The van der Waals surface area contributed by atoms with E-state index >= 15 is 0 Å². The summed E-state index contributed by atoms with van der Waals surface area (Å²) in [4.78, 5) is 24.3. The minimum atomic E-state index is -0.523. The van der Waals surface area contributed by atoms with Gasteiger partial charge in [-0.1, -0.05) is 60.7 Å². The summed E-state index contributed by atoms with van der Waals surface area (Å²) in [6.07, 6.45) is -0.840. The largest absolute Gasteiger partial charge is 0.393 e. The normalized spacial score (nSPS) is 30.7. The van der Waals surface area contributed by atoms with Gasteiger partial charge in [0.2, 0.25) is 0 Å². The van der Waals surface area contributed by atoms with Gasteiger partial charge in [0.1, 0.15) is 11.8 Å². The Labute approximate surface area is 138 Å². The van der Waals surface area contributed by atoms with Gasteiger partial charge in [0, 0.05) is 0 Å². The van der Waals surface area contributed by atoms with E-state index in [-0.39, 0.29) is 0 Å². The first kappa shape index (κ1) is 13.7. The predicted molar refractivity (Wildman–Crippen MR) is 86.4 cm³/mol. The Morgan fingerprint density at radius 3 is 1.46 bits per heavy atom. The molecule has 2 bridgehead atoms. The zero-order chi connectivity index (χ0) is 16.3. The average molecular weight is 318 g/mol. The molecule has 0 unspecified atom stereocenters. The summed E-state index contributed by atoms with van der Waals surface area (Å²) in [5.74, 6) is -1.97. The van der Waals surface area contributed by atoms with Crippen LogP contribution in [0.2, 0.25) is 0 Å². The molecule has 118 valence electrons. The van der Waals surface area contributed by atoms with Crippen LogP contribution in [-0.2, 0) is 19.1 Å². The molecule has 2 aromatic carbocycles. The standard InChI is InChI=1S/C20H14O4/c21-19-15-16(20(22)24-19)18-14(12-9-5-2-6-10-12)13(17(15)23-18)11-7-3-1-4-8-11/h1-10,15-18H/t15-,16+,17+,18-. The topological polar surface area (TPSA) is 52.6 Å². The third-order valence-electron chi connectivity index (χ3n) is 5.11. The minimum absolute atomic E-state index is 0.420. The Morgan fingerprint density at radius 1 is 0.625 bits per heavy atom. The van der Waals surface area contributed by atoms with Gasteiger partial charge in [-0.25, -0.2) is 0 Å². The van der Waals surface area contributed by atoms with Crippen LogP contribution in [0.3, 0.4) is 0 Å². The van der Waals surface area contributed by atoms with Crippen LogP contribution in [0.4, 0.5) is 0 Å². The van der Waals surface area contributed by atoms with Crippen molar-refractivity contribution in [2.75, 3.05) is 0 Å². The van der Waals surface area contributed by atoms with E-state index in [1.54, 1.807) is 0 Å². The van der Waals surface area contributed by atoms with Crippen molar-refractivity contribution < 1.29 is 19.1 Å². The van der Waals surface area contributed by atoms with Gasteiger partial charge in [-0.3, -0.25) is 9.59 Å². The molecule has 0 amide bonds. The summed E-state index contributed by atoms with van der Waals surface area (Å²) in [5, 5.41) is 0. The van der Waals surface area contributed by atoms with Crippen LogP contribution in [0, 0.1) is 11.8 Å². The number of hydrogen-bond acceptors (Lipinski definition) is 4. The maximum Gasteiger partial charge on any atom is 0.320 e. The second-order valence-electron chi connectivity index (χ2n) is 6.33. The summed E-state index contributed by atoms with van der Waals surface area (Å²) in [6, 6.07) is 19.8. The molecule has 0 saturated carbocycles. The maximum absolute atomic E-state index is 12.1. The van der Waals surface area contributed by atoms with Gasteiger partial charge in [0.25, 0.3) is 0 Å². The van der Waals surface area contributed by atoms with Gasteiger partial charge in [-0.05, 0) is 22.3 Å². The highest BCUT2D eigenvalue weighted by Gasteiger charge is 2.64. The number of rotatable bonds is 2. The number of ether oxygens (including phenoxy) is 2. The Bertz CT molecular complexity index is 798. The van der Waals surface area contributed by atoms with Gasteiger partial charge in [-0.2, -0.15) is 0 Å². The van der Waals surface area contributed by atoms with Gasteiger partial charge < -0.3 is 9.47 Å². The molecule has 2 aromatic rings. The molecule has 4 nitrogen and oxygen atoms in total. The van der Waals surface area contributed by atoms with Gasteiger partial charge in [0.15, 0.2) is 0 Å². The van der Waals surface area contributed by atoms with Crippen molar-refractivity contribution in [2.45, 2.75) is 12.2 Å². The molecular weight excluding hydrogens is 304 g/mol. The molecule has 3 aliphatic heterocycles. The van der Waals surface area contributed by atoms with Gasteiger partial charge in [-0.15, -0.1) is 0 Å². The first-order chi connectivity index (χ1) is 11.8. The first-order valence-corrected chi connectivity index (χ1v) is 8.01. The lowest BCUT2D eigenvalue weighted by Gasteiger charge is -2.23. The summed E-state index contributed by atoms with van der Waals surface area (Å²) in [5.41, 5.74) is 4.04. The van der Waals surface area contributed by atoms with E-state index in [9.17, 15) is 9.59 Å². The molecule has 24 heavy (non-hydrogen) atoms. The zero-order valence-electron chi connectivity index (χ0n) is 12.7. The van der Waals surface area contributed by atoms with E-state index in [4.69, 9.17) is 9.47 Å². The second kappa shape index (κ2) is 4.89. The Balaban J connectivity index is 1.74. The van der Waals surface area contributed by atoms with Crippen LogP contribution in [0.25, 0.3) is 11.1 Å². The van der Waals surface area contributed by atoms with Crippen molar-refractivity contribution in [1.82, 2.24) is 0 Å². The molecule has 0 N–H and O–H groups in total. The van der Waals surface area contributed by atoms with Crippen molar-refractivity contribution in [3.8, 4) is 0 Å². The summed E-state index contributed by atoms with van der Waals surface area (Å²) in [7, 11) is 0. The van der Waals surface area contributed by atoms with Crippen molar-refractivity contribution in [3.05, 3.63) is 71.8 Å². The molecule has 2 fully saturated rings. The molecule has 0 aromatic heterocycles. The highest BCUT2D eigenvalue weighted by molar-refractivity contribution is 6.07.